The summed E-state index contributed by atoms with van der Waals surface area (Å²) in [5.74, 6) is -4.21. The molecule has 0 aliphatic carbocycles. The van der Waals surface area contributed by atoms with Crippen molar-refractivity contribution in [3.8, 4) is 0 Å². The Kier molecular flexibility index (Phi) is 6.25. The second-order valence-corrected chi connectivity index (χ2v) is 7.24. The Morgan fingerprint density at radius 2 is 1.93 bits per heavy atom. The molecule has 2 heterocycles. The van der Waals surface area contributed by atoms with E-state index in [1.807, 2.05) is 0 Å². The average Bonchev–Trinajstić information content (AvgIpc) is 2.67. The summed E-state index contributed by atoms with van der Waals surface area (Å²) in [6.45, 7) is 0.878. The lowest BCUT2D eigenvalue weighted by Crippen LogP contribution is -2.55. The molecule has 2 aromatic rings. The number of benzene rings is 1. The van der Waals surface area contributed by atoms with Gasteiger partial charge in [0.05, 0.1) is 23.7 Å². The number of nitrogens with one attached hydrogen (secondary N) is 1. The maximum absolute atomic E-state index is 14.1. The van der Waals surface area contributed by atoms with E-state index in [1.54, 1.807) is 25.1 Å². The molecule has 0 amide bonds. The summed E-state index contributed by atoms with van der Waals surface area (Å²) in [5, 5.41) is 3.78. The Labute approximate surface area is 169 Å². The van der Waals surface area contributed by atoms with Gasteiger partial charge < -0.3 is 10.2 Å². The molecule has 0 radical (unpaired) electrons. The lowest BCUT2D eigenvalue weighted by atomic mass is 9.90. The van der Waals surface area contributed by atoms with E-state index in [2.05, 4.69) is 10.3 Å². The van der Waals surface area contributed by atoms with Crippen LogP contribution in [0.25, 0.3) is 0 Å². The molecule has 10 heteroatoms. The highest BCUT2D eigenvalue weighted by molar-refractivity contribution is 5.89. The third-order valence-electron chi connectivity index (χ3n) is 4.83. The fraction of sp³-hybridized carbons (Fsp3) is 0.400. The first-order valence-electron chi connectivity index (χ1n) is 9.24. The smallest absolute Gasteiger partial charge is 0.368 e. The largest absolute Gasteiger partial charge is 0.417 e. The third-order valence-corrected chi connectivity index (χ3v) is 4.83. The monoisotopic (exact) mass is 429 g/mol. The lowest BCUT2D eigenvalue weighted by Gasteiger charge is -2.41. The van der Waals surface area contributed by atoms with Crippen molar-refractivity contribution in [2.45, 2.75) is 31.5 Å². The Bertz CT molecular complexity index is 859. The second kappa shape index (κ2) is 8.55. The van der Waals surface area contributed by atoms with Crippen molar-refractivity contribution in [2.24, 2.45) is 5.92 Å². The summed E-state index contributed by atoms with van der Waals surface area (Å²) in [7, 11) is 0. The summed E-state index contributed by atoms with van der Waals surface area (Å²) in [4.78, 5) is 21.3. The van der Waals surface area contributed by atoms with E-state index in [9.17, 15) is 26.7 Å². The summed E-state index contributed by atoms with van der Waals surface area (Å²) in [6.07, 6.45) is -4.22. The van der Waals surface area contributed by atoms with Crippen LogP contribution in [0.2, 0.25) is 0 Å². The van der Waals surface area contributed by atoms with Gasteiger partial charge in [-0.05, 0) is 30.2 Å². The van der Waals surface area contributed by atoms with E-state index >= 15 is 0 Å². The summed E-state index contributed by atoms with van der Waals surface area (Å²) in [5.41, 5.74) is -0.674. The van der Waals surface area contributed by atoms with Gasteiger partial charge >= 0.3 is 12.1 Å². The van der Waals surface area contributed by atoms with Gasteiger partial charge in [-0.25, -0.2) is 18.6 Å². The van der Waals surface area contributed by atoms with E-state index < -0.39 is 48.6 Å². The molecule has 1 aromatic heterocycles. The zero-order chi connectivity index (χ0) is 21.9. The lowest BCUT2D eigenvalue weighted by molar-refractivity contribution is -0.220. The van der Waals surface area contributed by atoms with Gasteiger partial charge in [0.1, 0.15) is 5.82 Å². The van der Waals surface area contributed by atoms with Crippen LogP contribution in [0.4, 0.5) is 27.8 Å². The predicted molar refractivity (Wildman–Crippen MR) is 98.8 cm³/mol. The number of hydrogen-bond acceptors (Lipinski definition) is 5. The number of nitrogens with zero attached hydrogens (tertiary/aromatic N) is 2. The van der Waals surface area contributed by atoms with Gasteiger partial charge in [-0.1, -0.05) is 25.1 Å². The van der Waals surface area contributed by atoms with Gasteiger partial charge in [0.2, 0.25) is 0 Å². The molecule has 1 saturated heterocycles. The Morgan fingerprint density at radius 3 is 2.53 bits per heavy atom. The number of carbonyl (C=O) groups is 1. The van der Waals surface area contributed by atoms with Crippen LogP contribution >= 0.6 is 0 Å². The molecule has 2 atom stereocenters. The van der Waals surface area contributed by atoms with Crippen LogP contribution in [0, 0.1) is 5.92 Å². The van der Waals surface area contributed by atoms with Crippen LogP contribution in [0.3, 0.4) is 0 Å². The second-order valence-electron chi connectivity index (χ2n) is 7.24. The molecular weight excluding hydrogens is 409 g/mol. The minimum absolute atomic E-state index is 0.0533. The number of anilines is 1. The standard InChI is InChI=1S/C20H20F5N3O2/c1-13-9-19(21,22)12-28(30-18(29)14-5-3-2-4-6-14)16(13)11-27-17-8-7-15(10-26-17)20(23,24)25/h2-8,10,13,16H,9,11-12H2,1H3,(H,26,27). The van der Waals surface area contributed by atoms with Crippen LogP contribution in [-0.4, -0.2) is 41.1 Å². The van der Waals surface area contributed by atoms with E-state index in [-0.39, 0.29) is 17.9 Å². The SMILES string of the molecule is CC1CC(F)(F)CN(OC(=O)c2ccccc2)C1CNc1ccc(C(F)(F)F)cn1. The zero-order valence-electron chi connectivity index (χ0n) is 16.0. The van der Waals surface area contributed by atoms with Gasteiger partial charge in [-0.2, -0.15) is 13.2 Å². The van der Waals surface area contributed by atoms with Gasteiger partial charge in [-0.15, -0.1) is 5.06 Å². The first-order valence-corrected chi connectivity index (χ1v) is 9.24. The van der Waals surface area contributed by atoms with Crippen molar-refractivity contribution in [2.75, 3.05) is 18.4 Å². The van der Waals surface area contributed by atoms with Crippen molar-refractivity contribution >= 4 is 11.8 Å². The molecular formula is C20H20F5N3O2. The third kappa shape index (κ3) is 5.44. The number of hydrogen-bond donors (Lipinski definition) is 1. The van der Waals surface area contributed by atoms with Gasteiger partial charge in [0, 0.05) is 19.2 Å². The summed E-state index contributed by atoms with van der Waals surface area (Å²) >= 11 is 0. The number of aromatic nitrogens is 1. The highest BCUT2D eigenvalue weighted by Gasteiger charge is 2.46. The molecule has 30 heavy (non-hydrogen) atoms. The van der Waals surface area contributed by atoms with Crippen LogP contribution in [0.15, 0.2) is 48.7 Å². The van der Waals surface area contributed by atoms with E-state index in [1.165, 1.54) is 12.1 Å². The molecule has 1 aromatic carbocycles. The van der Waals surface area contributed by atoms with E-state index in [0.717, 1.165) is 17.2 Å². The number of hydroxylamine groups is 2. The van der Waals surface area contributed by atoms with Crippen molar-refractivity contribution in [1.29, 1.82) is 0 Å². The molecule has 1 N–H and O–H groups in total. The molecule has 1 fully saturated rings. The fourth-order valence-electron chi connectivity index (χ4n) is 3.31. The van der Waals surface area contributed by atoms with Gasteiger partial charge in [0.15, 0.2) is 0 Å². The van der Waals surface area contributed by atoms with E-state index in [0.29, 0.717) is 6.20 Å². The molecule has 0 bridgehead atoms. The Balaban J connectivity index is 1.70. The quantitative estimate of drug-likeness (QED) is 0.703. The summed E-state index contributed by atoms with van der Waals surface area (Å²) in [6, 6.07) is 9.38. The van der Waals surface area contributed by atoms with Crippen LogP contribution in [-0.2, 0) is 11.0 Å². The maximum atomic E-state index is 14.1. The topological polar surface area (TPSA) is 54.5 Å². The molecule has 5 nitrogen and oxygen atoms in total. The number of piperidine rings is 1. The number of halogens is 5. The van der Waals surface area contributed by atoms with Crippen molar-refractivity contribution in [1.82, 2.24) is 10.0 Å². The van der Waals surface area contributed by atoms with Gasteiger partial charge in [0.25, 0.3) is 5.92 Å². The highest BCUT2D eigenvalue weighted by Crippen LogP contribution is 2.35. The number of pyridine rings is 1. The highest BCUT2D eigenvalue weighted by atomic mass is 19.4. The van der Waals surface area contributed by atoms with Crippen LogP contribution in [0.5, 0.6) is 0 Å². The normalized spacial score (nSPS) is 21.8. The van der Waals surface area contributed by atoms with E-state index in [4.69, 9.17) is 4.84 Å². The van der Waals surface area contributed by atoms with Crippen molar-refractivity contribution in [3.05, 3.63) is 59.8 Å². The predicted octanol–water partition coefficient (Wildman–Crippen LogP) is 4.63. The van der Waals surface area contributed by atoms with Crippen molar-refractivity contribution in [3.63, 3.8) is 0 Å². The fourth-order valence-corrected chi connectivity index (χ4v) is 3.31. The molecule has 0 saturated carbocycles. The Morgan fingerprint density at radius 1 is 1.23 bits per heavy atom. The van der Waals surface area contributed by atoms with Gasteiger partial charge in [-0.3, -0.25) is 0 Å². The average molecular weight is 429 g/mol. The Hall–Kier alpha value is -2.75. The molecule has 2 unspecified atom stereocenters. The van der Waals surface area contributed by atoms with Crippen LogP contribution in [0.1, 0.15) is 29.3 Å². The molecule has 0 spiro atoms. The number of carbonyl (C=O) groups excluding carboxylic acids is 1. The molecule has 3 rings (SSSR count). The minimum Gasteiger partial charge on any atom is -0.368 e. The summed E-state index contributed by atoms with van der Waals surface area (Å²) < 4.78 is 66.1. The maximum Gasteiger partial charge on any atom is 0.417 e. The first kappa shape index (κ1) is 21.9. The first-order chi connectivity index (χ1) is 14.0. The zero-order valence-corrected chi connectivity index (χ0v) is 16.0. The molecule has 1 aliphatic rings. The number of rotatable bonds is 5. The number of alkyl halides is 5. The minimum atomic E-state index is -4.50. The molecule has 1 aliphatic heterocycles. The van der Waals surface area contributed by atoms with Crippen LogP contribution < -0.4 is 5.32 Å². The van der Waals surface area contributed by atoms with Crippen molar-refractivity contribution < 1.29 is 31.6 Å². The molecule has 162 valence electrons.